The second-order valence-corrected chi connectivity index (χ2v) is 7.44. The van der Waals surface area contributed by atoms with Gasteiger partial charge >= 0.3 is 0 Å². The van der Waals surface area contributed by atoms with Gasteiger partial charge in [-0.3, -0.25) is 14.5 Å². The summed E-state index contributed by atoms with van der Waals surface area (Å²) in [4.78, 5) is 17.6. The zero-order valence-electron chi connectivity index (χ0n) is 17.4. The molecule has 2 aromatic heterocycles. The van der Waals surface area contributed by atoms with Gasteiger partial charge in [0, 0.05) is 11.1 Å². The average molecular weight is 413 g/mol. The first-order valence-corrected chi connectivity index (χ1v) is 9.77. The predicted molar refractivity (Wildman–Crippen MR) is 116 cm³/mol. The van der Waals surface area contributed by atoms with E-state index < -0.39 is 0 Å². The van der Waals surface area contributed by atoms with E-state index in [4.69, 9.17) is 5.26 Å². The summed E-state index contributed by atoms with van der Waals surface area (Å²) < 4.78 is 15.0. The largest absolute Gasteiger partial charge is 0.319 e. The van der Waals surface area contributed by atoms with Crippen LogP contribution in [-0.2, 0) is 6.54 Å². The van der Waals surface area contributed by atoms with Gasteiger partial charge in [0.25, 0.3) is 5.91 Å². The van der Waals surface area contributed by atoms with Crippen LogP contribution >= 0.6 is 0 Å². The average Bonchev–Trinajstić information content (AvgIpc) is 3.01. The molecule has 0 atom stereocenters. The number of rotatable bonds is 4. The lowest BCUT2D eigenvalue weighted by Crippen LogP contribution is -2.14. The highest BCUT2D eigenvalue weighted by molar-refractivity contribution is 6.12. The summed E-state index contributed by atoms with van der Waals surface area (Å²) in [6, 6.07) is 15.2. The van der Waals surface area contributed by atoms with E-state index in [1.54, 1.807) is 41.1 Å². The summed E-state index contributed by atoms with van der Waals surface area (Å²) in [6.07, 6.45) is 0. The van der Waals surface area contributed by atoms with Crippen LogP contribution < -0.4 is 5.32 Å². The van der Waals surface area contributed by atoms with E-state index in [2.05, 4.69) is 21.5 Å². The highest BCUT2D eigenvalue weighted by atomic mass is 19.1. The summed E-state index contributed by atoms with van der Waals surface area (Å²) >= 11 is 0. The van der Waals surface area contributed by atoms with Gasteiger partial charge in [-0.2, -0.15) is 10.4 Å². The number of aromatic nitrogens is 3. The highest BCUT2D eigenvalue weighted by Gasteiger charge is 2.18. The maximum absolute atomic E-state index is 13.2. The number of halogens is 1. The van der Waals surface area contributed by atoms with E-state index in [1.807, 2.05) is 20.8 Å². The van der Waals surface area contributed by atoms with E-state index in [9.17, 15) is 9.18 Å². The standard InChI is InChI=1S/C24H20FN5O/c1-14-10-21(20-9-6-18(12-26)11-22(20)27-14)24(31)28-23-15(2)29-30(16(23)3)13-17-4-7-19(25)8-5-17/h4-11H,13H2,1-3H3,(H,28,31). The number of hydrogen-bond donors (Lipinski definition) is 1. The fourth-order valence-electron chi connectivity index (χ4n) is 3.59. The summed E-state index contributed by atoms with van der Waals surface area (Å²) in [5.41, 5.74) is 5.31. The molecular weight excluding hydrogens is 393 g/mol. The van der Waals surface area contributed by atoms with Gasteiger partial charge in [0.15, 0.2) is 0 Å². The zero-order valence-corrected chi connectivity index (χ0v) is 17.4. The minimum Gasteiger partial charge on any atom is -0.319 e. The van der Waals surface area contributed by atoms with Crippen LogP contribution in [0.4, 0.5) is 10.1 Å². The molecule has 7 heteroatoms. The van der Waals surface area contributed by atoms with Gasteiger partial charge in [-0.25, -0.2) is 4.39 Å². The molecule has 0 fully saturated rings. The molecule has 0 aliphatic heterocycles. The Bertz CT molecular complexity index is 1350. The molecule has 1 amide bonds. The monoisotopic (exact) mass is 413 g/mol. The van der Waals surface area contributed by atoms with Crippen LogP contribution in [0.15, 0.2) is 48.5 Å². The minimum atomic E-state index is -0.285. The first kappa shape index (κ1) is 20.2. The van der Waals surface area contributed by atoms with Crippen LogP contribution in [0, 0.1) is 37.9 Å². The Morgan fingerprint density at radius 2 is 1.87 bits per heavy atom. The molecule has 0 bridgehead atoms. The molecule has 0 aliphatic carbocycles. The maximum atomic E-state index is 13.2. The van der Waals surface area contributed by atoms with Crippen molar-refractivity contribution in [1.29, 1.82) is 5.26 Å². The number of benzene rings is 2. The lowest BCUT2D eigenvalue weighted by molar-refractivity contribution is 0.102. The number of nitrogens with one attached hydrogen (secondary N) is 1. The number of carbonyl (C=O) groups is 1. The van der Waals surface area contributed by atoms with E-state index >= 15 is 0 Å². The van der Waals surface area contributed by atoms with Crippen molar-refractivity contribution in [2.24, 2.45) is 0 Å². The number of anilines is 1. The third kappa shape index (κ3) is 4.01. The Kier molecular flexibility index (Phi) is 5.22. The van der Waals surface area contributed by atoms with Crippen molar-refractivity contribution in [2.75, 3.05) is 5.32 Å². The van der Waals surface area contributed by atoms with Crippen LogP contribution in [0.25, 0.3) is 10.9 Å². The zero-order chi connectivity index (χ0) is 22.1. The fourth-order valence-corrected chi connectivity index (χ4v) is 3.59. The summed E-state index contributed by atoms with van der Waals surface area (Å²) in [5.74, 6) is -0.556. The molecule has 31 heavy (non-hydrogen) atoms. The van der Waals surface area contributed by atoms with Crippen molar-refractivity contribution in [3.05, 3.63) is 88.1 Å². The molecule has 2 aromatic carbocycles. The fraction of sp³-hybridized carbons (Fsp3) is 0.167. The molecule has 4 aromatic rings. The number of carbonyl (C=O) groups excluding carboxylic acids is 1. The Morgan fingerprint density at radius 1 is 1.13 bits per heavy atom. The van der Waals surface area contributed by atoms with Gasteiger partial charge in [-0.05, 0) is 56.7 Å². The Labute approximate surface area is 179 Å². The van der Waals surface area contributed by atoms with E-state index in [1.165, 1.54) is 12.1 Å². The van der Waals surface area contributed by atoms with Crippen molar-refractivity contribution in [3.8, 4) is 6.07 Å². The molecular formula is C24H20FN5O. The smallest absolute Gasteiger partial charge is 0.256 e. The number of amides is 1. The van der Waals surface area contributed by atoms with Gasteiger partial charge in [0.2, 0.25) is 0 Å². The number of nitrogens with zero attached hydrogens (tertiary/aromatic N) is 4. The molecule has 0 aliphatic rings. The van der Waals surface area contributed by atoms with Gasteiger partial charge in [0.1, 0.15) is 5.82 Å². The van der Waals surface area contributed by atoms with Crippen molar-refractivity contribution >= 4 is 22.5 Å². The second-order valence-electron chi connectivity index (χ2n) is 7.44. The lowest BCUT2D eigenvalue weighted by Gasteiger charge is -2.10. The van der Waals surface area contributed by atoms with E-state index in [0.29, 0.717) is 45.6 Å². The summed E-state index contributed by atoms with van der Waals surface area (Å²) in [7, 11) is 0. The van der Waals surface area contributed by atoms with Crippen LogP contribution in [0.1, 0.15) is 38.6 Å². The highest BCUT2D eigenvalue weighted by Crippen LogP contribution is 2.24. The van der Waals surface area contributed by atoms with Gasteiger partial charge in [-0.1, -0.05) is 18.2 Å². The molecule has 2 heterocycles. The van der Waals surface area contributed by atoms with Crippen LogP contribution in [0.2, 0.25) is 0 Å². The van der Waals surface area contributed by atoms with E-state index in [0.717, 1.165) is 11.3 Å². The molecule has 0 unspecified atom stereocenters. The molecule has 6 nitrogen and oxygen atoms in total. The number of pyridine rings is 1. The van der Waals surface area contributed by atoms with Gasteiger partial charge < -0.3 is 5.32 Å². The molecule has 0 radical (unpaired) electrons. The Hall–Kier alpha value is -4.05. The molecule has 154 valence electrons. The first-order chi connectivity index (χ1) is 14.9. The minimum absolute atomic E-state index is 0.271. The van der Waals surface area contributed by atoms with Crippen LogP contribution in [0.5, 0.6) is 0 Å². The predicted octanol–water partition coefficient (Wildman–Crippen LogP) is 4.67. The molecule has 4 rings (SSSR count). The summed E-state index contributed by atoms with van der Waals surface area (Å²) in [5, 5.41) is 17.3. The maximum Gasteiger partial charge on any atom is 0.256 e. The SMILES string of the molecule is Cc1cc(C(=O)Nc2c(C)nn(Cc3ccc(F)cc3)c2C)c2ccc(C#N)cc2n1. The molecule has 0 saturated heterocycles. The molecule has 0 saturated carbocycles. The Morgan fingerprint density at radius 3 is 2.58 bits per heavy atom. The van der Waals surface area contributed by atoms with Crippen LogP contribution in [-0.4, -0.2) is 20.7 Å². The quantitative estimate of drug-likeness (QED) is 0.527. The third-order valence-corrected chi connectivity index (χ3v) is 5.18. The van der Waals surface area contributed by atoms with Crippen molar-refractivity contribution in [1.82, 2.24) is 14.8 Å². The topological polar surface area (TPSA) is 83.6 Å². The normalized spacial score (nSPS) is 10.8. The number of aryl methyl sites for hydroxylation is 2. The van der Waals surface area contributed by atoms with Crippen molar-refractivity contribution in [3.63, 3.8) is 0 Å². The van der Waals surface area contributed by atoms with Crippen molar-refractivity contribution < 1.29 is 9.18 Å². The van der Waals surface area contributed by atoms with Crippen molar-refractivity contribution in [2.45, 2.75) is 27.3 Å². The van der Waals surface area contributed by atoms with Gasteiger partial charge in [-0.15, -0.1) is 0 Å². The molecule has 1 N–H and O–H groups in total. The summed E-state index contributed by atoms with van der Waals surface area (Å²) in [6.45, 7) is 6.00. The van der Waals surface area contributed by atoms with E-state index in [-0.39, 0.29) is 11.7 Å². The number of hydrogen-bond acceptors (Lipinski definition) is 4. The molecule has 0 spiro atoms. The first-order valence-electron chi connectivity index (χ1n) is 9.77. The second kappa shape index (κ2) is 8.00. The third-order valence-electron chi connectivity index (χ3n) is 5.18. The van der Waals surface area contributed by atoms with Crippen LogP contribution in [0.3, 0.4) is 0 Å². The number of fused-ring (bicyclic) bond motifs is 1. The van der Waals surface area contributed by atoms with Gasteiger partial charge in [0.05, 0.1) is 46.3 Å². The number of nitriles is 1. The Balaban J connectivity index is 1.66. The lowest BCUT2D eigenvalue weighted by atomic mass is 10.0.